The summed E-state index contributed by atoms with van der Waals surface area (Å²) in [5.74, 6) is 0. The summed E-state index contributed by atoms with van der Waals surface area (Å²) in [5.41, 5.74) is 0.180. The molecular weight excluding hydrogens is 287 g/mol. The second kappa shape index (κ2) is 5.23. The predicted molar refractivity (Wildman–Crippen MR) is 72.7 cm³/mol. The third-order valence-electron chi connectivity index (χ3n) is 4.45. The Morgan fingerprint density at radius 2 is 1.80 bits per heavy atom. The average Bonchev–Trinajstić information content (AvgIpc) is 2.61. The summed E-state index contributed by atoms with van der Waals surface area (Å²) in [6.45, 7) is 0.600. The number of alkyl halides is 4. The largest absolute Gasteiger partial charge is 0.416 e. The van der Waals surface area contributed by atoms with Crippen LogP contribution in [0.15, 0.2) is 24.3 Å². The molecule has 0 aromatic heterocycles. The summed E-state index contributed by atoms with van der Waals surface area (Å²) in [5, 5.41) is 0.227. The molecule has 20 heavy (non-hydrogen) atoms. The van der Waals surface area contributed by atoms with Crippen LogP contribution in [0.1, 0.15) is 36.8 Å². The molecule has 0 N–H and O–H groups in total. The zero-order valence-corrected chi connectivity index (χ0v) is 11.8. The van der Waals surface area contributed by atoms with Gasteiger partial charge >= 0.3 is 6.18 Å². The van der Waals surface area contributed by atoms with Crippen molar-refractivity contribution in [3.63, 3.8) is 0 Å². The quantitative estimate of drug-likeness (QED) is 0.730. The van der Waals surface area contributed by atoms with Crippen molar-refractivity contribution in [1.82, 2.24) is 4.90 Å². The molecule has 2 atom stereocenters. The molecule has 0 radical (unpaired) electrons. The number of benzene rings is 1. The lowest BCUT2D eigenvalue weighted by molar-refractivity contribution is -0.137. The van der Waals surface area contributed by atoms with Crippen LogP contribution in [-0.2, 0) is 12.7 Å². The number of fused-ring (bicyclic) bond motifs is 2. The monoisotopic (exact) mass is 303 g/mol. The smallest absolute Gasteiger partial charge is 0.293 e. The lowest BCUT2D eigenvalue weighted by Crippen LogP contribution is -2.42. The van der Waals surface area contributed by atoms with Gasteiger partial charge in [0.25, 0.3) is 0 Å². The Bertz CT molecular complexity index is 474. The first-order chi connectivity index (χ1) is 9.43. The molecule has 2 unspecified atom stereocenters. The molecule has 0 spiro atoms. The van der Waals surface area contributed by atoms with E-state index in [0.29, 0.717) is 18.6 Å². The fourth-order valence-corrected chi connectivity index (χ4v) is 3.93. The highest BCUT2D eigenvalue weighted by atomic mass is 35.5. The Morgan fingerprint density at radius 1 is 1.15 bits per heavy atom. The van der Waals surface area contributed by atoms with Crippen LogP contribution < -0.4 is 0 Å². The van der Waals surface area contributed by atoms with Gasteiger partial charge in [-0.25, -0.2) is 0 Å². The molecule has 2 fully saturated rings. The van der Waals surface area contributed by atoms with E-state index in [9.17, 15) is 13.2 Å². The zero-order valence-electron chi connectivity index (χ0n) is 11.0. The maximum absolute atomic E-state index is 12.7. The second-order valence-corrected chi connectivity index (χ2v) is 6.44. The van der Waals surface area contributed by atoms with E-state index in [-0.39, 0.29) is 5.38 Å². The zero-order chi connectivity index (χ0) is 14.3. The van der Waals surface area contributed by atoms with Gasteiger partial charge in [0.1, 0.15) is 0 Å². The summed E-state index contributed by atoms with van der Waals surface area (Å²) in [7, 11) is 0. The van der Waals surface area contributed by atoms with E-state index >= 15 is 0 Å². The molecule has 1 aromatic rings. The van der Waals surface area contributed by atoms with Gasteiger partial charge < -0.3 is 0 Å². The number of hydrogen-bond donors (Lipinski definition) is 0. The van der Waals surface area contributed by atoms with Crippen LogP contribution in [-0.4, -0.2) is 22.4 Å². The van der Waals surface area contributed by atoms with Crippen molar-refractivity contribution < 1.29 is 13.2 Å². The molecule has 3 rings (SSSR count). The Balaban J connectivity index is 1.76. The van der Waals surface area contributed by atoms with Gasteiger partial charge in [-0.3, -0.25) is 4.90 Å². The van der Waals surface area contributed by atoms with Crippen LogP contribution in [0, 0.1) is 0 Å². The van der Waals surface area contributed by atoms with Crippen molar-refractivity contribution in [3.05, 3.63) is 35.4 Å². The molecule has 110 valence electrons. The average molecular weight is 304 g/mol. The Hall–Kier alpha value is -0.740. The summed E-state index contributed by atoms with van der Waals surface area (Å²) in [4.78, 5) is 2.34. The molecule has 2 aliphatic heterocycles. The minimum atomic E-state index is -4.27. The van der Waals surface area contributed by atoms with E-state index in [1.54, 1.807) is 6.07 Å². The topological polar surface area (TPSA) is 3.24 Å². The second-order valence-electron chi connectivity index (χ2n) is 5.82. The molecule has 1 nitrogen and oxygen atoms in total. The number of rotatable bonds is 2. The summed E-state index contributed by atoms with van der Waals surface area (Å²) < 4.78 is 38.2. The third kappa shape index (κ3) is 2.82. The van der Waals surface area contributed by atoms with Crippen LogP contribution in [0.3, 0.4) is 0 Å². The van der Waals surface area contributed by atoms with Gasteiger partial charge in [0.2, 0.25) is 0 Å². The van der Waals surface area contributed by atoms with Gasteiger partial charge in [0.15, 0.2) is 0 Å². The van der Waals surface area contributed by atoms with Crippen LogP contribution in [0.4, 0.5) is 13.2 Å². The van der Waals surface area contributed by atoms with Gasteiger partial charge in [0.05, 0.1) is 5.56 Å². The van der Waals surface area contributed by atoms with Gasteiger partial charge in [-0.1, -0.05) is 18.2 Å². The van der Waals surface area contributed by atoms with Crippen LogP contribution in [0.25, 0.3) is 0 Å². The first-order valence-electron chi connectivity index (χ1n) is 6.99. The first-order valence-corrected chi connectivity index (χ1v) is 7.43. The maximum atomic E-state index is 12.7. The first kappa shape index (κ1) is 14.2. The normalized spacial score (nSPS) is 30.7. The minimum Gasteiger partial charge on any atom is -0.293 e. The fourth-order valence-electron chi connectivity index (χ4n) is 3.52. The number of hydrogen-bond acceptors (Lipinski definition) is 1. The standard InChI is InChI=1S/C15H17ClF3N/c16-12-7-13-4-5-14(8-12)20(13)9-10-2-1-3-11(6-10)15(17,18)19/h1-3,6,12-14H,4-5,7-9H2. The van der Waals surface area contributed by atoms with E-state index in [4.69, 9.17) is 11.6 Å². The van der Waals surface area contributed by atoms with Gasteiger partial charge in [-0.05, 0) is 37.3 Å². The molecule has 0 saturated carbocycles. The van der Waals surface area contributed by atoms with Gasteiger partial charge in [0, 0.05) is 24.0 Å². The van der Waals surface area contributed by atoms with E-state index in [1.165, 1.54) is 12.1 Å². The summed E-state index contributed by atoms with van der Waals surface area (Å²) >= 11 is 6.22. The van der Waals surface area contributed by atoms with Crippen molar-refractivity contribution in [2.24, 2.45) is 0 Å². The number of halogens is 4. The highest BCUT2D eigenvalue weighted by Crippen LogP contribution is 2.39. The Morgan fingerprint density at radius 3 is 2.40 bits per heavy atom. The lowest BCUT2D eigenvalue weighted by atomic mass is 10.0. The van der Waals surface area contributed by atoms with E-state index in [1.807, 2.05) is 0 Å². The molecular formula is C15H17ClF3N. The van der Waals surface area contributed by atoms with E-state index < -0.39 is 11.7 Å². The van der Waals surface area contributed by atoms with E-state index in [2.05, 4.69) is 4.90 Å². The van der Waals surface area contributed by atoms with Crippen molar-refractivity contribution >= 4 is 11.6 Å². The molecule has 2 bridgehead atoms. The van der Waals surface area contributed by atoms with E-state index in [0.717, 1.165) is 37.3 Å². The van der Waals surface area contributed by atoms with Crippen molar-refractivity contribution in [3.8, 4) is 0 Å². The van der Waals surface area contributed by atoms with Crippen LogP contribution >= 0.6 is 11.6 Å². The van der Waals surface area contributed by atoms with Gasteiger partial charge in [-0.2, -0.15) is 13.2 Å². The van der Waals surface area contributed by atoms with Crippen molar-refractivity contribution in [2.75, 3.05) is 0 Å². The van der Waals surface area contributed by atoms with Crippen molar-refractivity contribution in [1.29, 1.82) is 0 Å². The van der Waals surface area contributed by atoms with Crippen molar-refractivity contribution in [2.45, 2.75) is 55.9 Å². The van der Waals surface area contributed by atoms with Gasteiger partial charge in [-0.15, -0.1) is 11.6 Å². The maximum Gasteiger partial charge on any atom is 0.416 e. The number of piperidine rings is 1. The van der Waals surface area contributed by atoms with Crippen LogP contribution in [0.2, 0.25) is 0 Å². The molecule has 0 amide bonds. The molecule has 2 aliphatic rings. The molecule has 2 saturated heterocycles. The highest BCUT2D eigenvalue weighted by molar-refractivity contribution is 6.20. The summed E-state index contributed by atoms with van der Waals surface area (Å²) in [6, 6.07) is 6.54. The number of nitrogens with zero attached hydrogens (tertiary/aromatic N) is 1. The fraction of sp³-hybridized carbons (Fsp3) is 0.600. The Kier molecular flexibility index (Phi) is 3.71. The molecule has 1 aromatic carbocycles. The third-order valence-corrected chi connectivity index (χ3v) is 4.80. The molecule has 0 aliphatic carbocycles. The van der Waals surface area contributed by atoms with Crippen LogP contribution in [0.5, 0.6) is 0 Å². The highest BCUT2D eigenvalue weighted by Gasteiger charge is 2.40. The lowest BCUT2D eigenvalue weighted by Gasteiger charge is -2.37. The predicted octanol–water partition coefficient (Wildman–Crippen LogP) is 4.44. The molecule has 5 heteroatoms. The minimum absolute atomic E-state index is 0.227. The summed E-state index contributed by atoms with van der Waals surface area (Å²) in [6.07, 6.45) is -0.119. The molecule has 2 heterocycles. The SMILES string of the molecule is FC(F)(F)c1cccc(CN2C3CCC2CC(Cl)C3)c1. The Labute approximate surface area is 121 Å².